The lowest BCUT2D eigenvalue weighted by Crippen LogP contribution is -2.21. The number of aromatic amines is 1. The molecule has 0 aromatic carbocycles. The zero-order valence-electron chi connectivity index (χ0n) is 10.2. The minimum absolute atomic E-state index is 0.155. The Kier molecular flexibility index (Phi) is 3.87. The Morgan fingerprint density at radius 1 is 1.53 bits per heavy atom. The van der Waals surface area contributed by atoms with Crippen molar-refractivity contribution >= 4 is 0 Å². The van der Waals surface area contributed by atoms with E-state index in [-0.39, 0.29) is 6.04 Å². The van der Waals surface area contributed by atoms with E-state index >= 15 is 0 Å². The highest BCUT2D eigenvalue weighted by atomic mass is 15.3. The Labute approximate surface area is 100 Å². The van der Waals surface area contributed by atoms with Gasteiger partial charge in [-0.3, -0.25) is 9.78 Å². The number of hydrogen-bond donors (Lipinski definition) is 2. The van der Waals surface area contributed by atoms with E-state index in [0.29, 0.717) is 0 Å². The SMILES string of the molecule is CCCn1nccc1CNC(C)c1ncn[nH]1. The first kappa shape index (κ1) is 11.8. The summed E-state index contributed by atoms with van der Waals surface area (Å²) in [6.45, 7) is 5.94. The van der Waals surface area contributed by atoms with Crippen LogP contribution in [0.3, 0.4) is 0 Å². The molecule has 0 aliphatic rings. The summed E-state index contributed by atoms with van der Waals surface area (Å²) in [4.78, 5) is 4.12. The van der Waals surface area contributed by atoms with Crippen LogP contribution in [0, 0.1) is 0 Å². The summed E-state index contributed by atoms with van der Waals surface area (Å²) in [5.74, 6) is 0.853. The number of rotatable bonds is 6. The lowest BCUT2D eigenvalue weighted by Gasteiger charge is -2.12. The van der Waals surface area contributed by atoms with Gasteiger partial charge in [0, 0.05) is 19.3 Å². The van der Waals surface area contributed by atoms with Crippen LogP contribution < -0.4 is 5.32 Å². The molecule has 92 valence electrons. The molecule has 1 atom stereocenters. The Morgan fingerprint density at radius 2 is 2.41 bits per heavy atom. The molecule has 2 aromatic rings. The number of aromatic nitrogens is 5. The van der Waals surface area contributed by atoms with E-state index in [1.165, 1.54) is 12.0 Å². The molecule has 0 amide bonds. The van der Waals surface area contributed by atoms with Gasteiger partial charge in [-0.05, 0) is 19.4 Å². The molecule has 0 spiro atoms. The van der Waals surface area contributed by atoms with Gasteiger partial charge in [-0.15, -0.1) is 0 Å². The monoisotopic (exact) mass is 234 g/mol. The summed E-state index contributed by atoms with van der Waals surface area (Å²) in [6, 6.07) is 2.19. The van der Waals surface area contributed by atoms with E-state index in [1.807, 2.05) is 16.9 Å². The van der Waals surface area contributed by atoms with Crippen molar-refractivity contribution in [2.24, 2.45) is 0 Å². The molecule has 0 bridgehead atoms. The summed E-state index contributed by atoms with van der Waals surface area (Å²) >= 11 is 0. The summed E-state index contributed by atoms with van der Waals surface area (Å²) in [5.41, 5.74) is 1.19. The van der Waals surface area contributed by atoms with Crippen molar-refractivity contribution in [2.45, 2.75) is 39.4 Å². The predicted octanol–water partition coefficient (Wildman–Crippen LogP) is 1.26. The molecule has 0 radical (unpaired) electrons. The lowest BCUT2D eigenvalue weighted by atomic mass is 10.3. The number of hydrogen-bond acceptors (Lipinski definition) is 4. The van der Waals surface area contributed by atoms with Crippen LogP contribution >= 0.6 is 0 Å². The zero-order chi connectivity index (χ0) is 12.1. The Balaban J connectivity index is 1.91. The highest BCUT2D eigenvalue weighted by molar-refractivity contribution is 5.01. The Morgan fingerprint density at radius 3 is 3.12 bits per heavy atom. The third kappa shape index (κ3) is 2.91. The molecule has 6 nitrogen and oxygen atoms in total. The largest absolute Gasteiger partial charge is 0.302 e. The van der Waals surface area contributed by atoms with Crippen LogP contribution in [0.25, 0.3) is 0 Å². The van der Waals surface area contributed by atoms with E-state index in [4.69, 9.17) is 0 Å². The Bertz CT molecular complexity index is 433. The van der Waals surface area contributed by atoms with Crippen LogP contribution in [0.1, 0.15) is 37.8 Å². The molecule has 0 fully saturated rings. The molecule has 0 aliphatic carbocycles. The first-order valence-electron chi connectivity index (χ1n) is 5.90. The van der Waals surface area contributed by atoms with E-state index in [0.717, 1.165) is 25.3 Å². The Hall–Kier alpha value is -1.69. The molecule has 0 aliphatic heterocycles. The maximum Gasteiger partial charge on any atom is 0.141 e. The first-order valence-corrected chi connectivity index (χ1v) is 5.90. The topological polar surface area (TPSA) is 71.4 Å². The lowest BCUT2D eigenvalue weighted by molar-refractivity contribution is 0.504. The average molecular weight is 234 g/mol. The third-order valence-electron chi connectivity index (χ3n) is 2.67. The molecular formula is C11H18N6. The quantitative estimate of drug-likeness (QED) is 0.789. The molecule has 0 saturated heterocycles. The molecule has 0 saturated carbocycles. The number of aryl methyl sites for hydroxylation is 1. The second-order valence-corrected chi connectivity index (χ2v) is 4.02. The smallest absolute Gasteiger partial charge is 0.141 e. The van der Waals surface area contributed by atoms with Gasteiger partial charge in [0.2, 0.25) is 0 Å². The highest BCUT2D eigenvalue weighted by Crippen LogP contribution is 2.07. The zero-order valence-corrected chi connectivity index (χ0v) is 10.2. The van der Waals surface area contributed by atoms with Gasteiger partial charge < -0.3 is 5.32 Å². The number of H-pyrrole nitrogens is 1. The molecule has 6 heteroatoms. The number of nitrogens with one attached hydrogen (secondary N) is 2. The number of nitrogens with zero attached hydrogens (tertiary/aromatic N) is 4. The standard InChI is InChI=1S/C11H18N6/c1-3-6-17-10(4-5-15-17)7-12-9(2)11-13-8-14-16-11/h4-5,8-9,12H,3,6-7H2,1-2H3,(H,13,14,16). The van der Waals surface area contributed by atoms with Gasteiger partial charge in [0.25, 0.3) is 0 Å². The van der Waals surface area contributed by atoms with Crippen LogP contribution in [0.4, 0.5) is 0 Å². The molecule has 1 unspecified atom stereocenters. The minimum Gasteiger partial charge on any atom is -0.302 e. The van der Waals surface area contributed by atoms with Crippen molar-refractivity contribution in [3.8, 4) is 0 Å². The summed E-state index contributed by atoms with van der Waals surface area (Å²) in [5, 5.41) is 14.4. The molecule has 2 aromatic heterocycles. The third-order valence-corrected chi connectivity index (χ3v) is 2.67. The van der Waals surface area contributed by atoms with Crippen LogP contribution in [0.2, 0.25) is 0 Å². The molecule has 2 rings (SSSR count). The van der Waals surface area contributed by atoms with Gasteiger partial charge in [0.05, 0.1) is 11.7 Å². The van der Waals surface area contributed by atoms with Gasteiger partial charge >= 0.3 is 0 Å². The van der Waals surface area contributed by atoms with Crippen molar-refractivity contribution in [3.05, 3.63) is 30.1 Å². The summed E-state index contributed by atoms with van der Waals surface area (Å²) < 4.78 is 2.03. The van der Waals surface area contributed by atoms with Gasteiger partial charge in [-0.2, -0.15) is 10.2 Å². The van der Waals surface area contributed by atoms with Gasteiger partial charge in [-0.1, -0.05) is 6.92 Å². The van der Waals surface area contributed by atoms with E-state index in [2.05, 4.69) is 39.4 Å². The van der Waals surface area contributed by atoms with Crippen LogP contribution in [-0.2, 0) is 13.1 Å². The van der Waals surface area contributed by atoms with Gasteiger partial charge in [-0.25, -0.2) is 4.98 Å². The van der Waals surface area contributed by atoms with Crippen LogP contribution in [0.5, 0.6) is 0 Å². The summed E-state index contributed by atoms with van der Waals surface area (Å²) in [7, 11) is 0. The van der Waals surface area contributed by atoms with E-state index < -0.39 is 0 Å². The predicted molar refractivity (Wildman–Crippen MR) is 64.2 cm³/mol. The van der Waals surface area contributed by atoms with Gasteiger partial charge in [0.1, 0.15) is 12.2 Å². The fraction of sp³-hybridized carbons (Fsp3) is 0.545. The minimum atomic E-state index is 0.155. The fourth-order valence-electron chi connectivity index (χ4n) is 1.70. The highest BCUT2D eigenvalue weighted by Gasteiger charge is 2.08. The van der Waals surface area contributed by atoms with Crippen molar-refractivity contribution in [1.82, 2.24) is 30.3 Å². The van der Waals surface area contributed by atoms with E-state index in [9.17, 15) is 0 Å². The maximum absolute atomic E-state index is 4.29. The van der Waals surface area contributed by atoms with Crippen molar-refractivity contribution in [2.75, 3.05) is 0 Å². The van der Waals surface area contributed by atoms with Crippen molar-refractivity contribution in [3.63, 3.8) is 0 Å². The molecule has 2 N–H and O–H groups in total. The molecular weight excluding hydrogens is 216 g/mol. The average Bonchev–Trinajstić information content (AvgIpc) is 2.97. The second kappa shape index (κ2) is 5.58. The van der Waals surface area contributed by atoms with Crippen LogP contribution in [-0.4, -0.2) is 25.0 Å². The van der Waals surface area contributed by atoms with Crippen LogP contribution in [0.15, 0.2) is 18.6 Å². The van der Waals surface area contributed by atoms with E-state index in [1.54, 1.807) is 0 Å². The molecule has 2 heterocycles. The summed E-state index contributed by atoms with van der Waals surface area (Å²) in [6.07, 6.45) is 4.45. The second-order valence-electron chi connectivity index (χ2n) is 4.02. The first-order chi connectivity index (χ1) is 8.31. The maximum atomic E-state index is 4.29. The van der Waals surface area contributed by atoms with Crippen molar-refractivity contribution in [1.29, 1.82) is 0 Å². The fourth-order valence-corrected chi connectivity index (χ4v) is 1.70. The normalized spacial score (nSPS) is 12.8. The molecule has 17 heavy (non-hydrogen) atoms. The van der Waals surface area contributed by atoms with Gasteiger partial charge in [0.15, 0.2) is 0 Å². The van der Waals surface area contributed by atoms with Crippen molar-refractivity contribution < 1.29 is 0 Å².